The summed E-state index contributed by atoms with van der Waals surface area (Å²) in [5.74, 6) is -2.61. The molecular weight excluding hydrogens is 337 g/mol. The fraction of sp³-hybridized carbons (Fsp3) is 0. The summed E-state index contributed by atoms with van der Waals surface area (Å²) in [5.41, 5.74) is -0.363. The van der Waals surface area contributed by atoms with Gasteiger partial charge in [-0.05, 0) is 24.3 Å². The van der Waals surface area contributed by atoms with Gasteiger partial charge in [0.2, 0.25) is 0 Å². The molecule has 0 saturated carbocycles. The molecule has 8 heteroatoms. The third-order valence-corrected chi connectivity index (χ3v) is 3.23. The molecule has 2 aromatic carbocycles. The summed E-state index contributed by atoms with van der Waals surface area (Å²) in [6.07, 6.45) is 0. The van der Waals surface area contributed by atoms with Gasteiger partial charge in [0.1, 0.15) is 11.6 Å². The van der Waals surface area contributed by atoms with E-state index in [2.05, 4.69) is 5.32 Å². The van der Waals surface area contributed by atoms with Gasteiger partial charge in [-0.15, -0.1) is 0 Å². The molecule has 22 heavy (non-hydrogen) atoms. The van der Waals surface area contributed by atoms with Crippen LogP contribution in [0, 0.1) is 11.6 Å². The van der Waals surface area contributed by atoms with Crippen molar-refractivity contribution in [1.29, 1.82) is 0 Å². The minimum atomic E-state index is -1.01. The number of carbonyl (C=O) groups is 2. The van der Waals surface area contributed by atoms with Crippen LogP contribution in [0.5, 0.6) is 0 Å². The molecule has 0 aliphatic heterocycles. The van der Waals surface area contributed by atoms with Crippen LogP contribution in [0.15, 0.2) is 36.4 Å². The van der Waals surface area contributed by atoms with Gasteiger partial charge in [0.15, 0.2) is 0 Å². The Morgan fingerprint density at radius 2 is 1.64 bits per heavy atom. The van der Waals surface area contributed by atoms with Gasteiger partial charge in [0, 0.05) is 6.07 Å². The predicted octanol–water partition coefficient (Wildman–Crippen LogP) is 4.23. The fourth-order valence-corrected chi connectivity index (χ4v) is 2.19. The molecule has 0 fully saturated rings. The second kappa shape index (κ2) is 6.72. The lowest BCUT2D eigenvalue weighted by Gasteiger charge is -2.09. The monoisotopic (exact) mass is 344 g/mol. The van der Waals surface area contributed by atoms with Crippen LogP contribution in [0.4, 0.5) is 19.3 Å². The topological polar surface area (TPSA) is 58.2 Å². The largest absolute Gasteiger partial charge is 0.326 e. The Morgan fingerprint density at radius 1 is 1.00 bits per heavy atom. The number of halogens is 4. The van der Waals surface area contributed by atoms with Crippen LogP contribution in [0.2, 0.25) is 10.0 Å². The number of amides is 3. The van der Waals surface area contributed by atoms with Crippen LogP contribution in [0.25, 0.3) is 0 Å². The Morgan fingerprint density at radius 3 is 2.23 bits per heavy atom. The first kappa shape index (κ1) is 16.2. The molecule has 2 N–H and O–H groups in total. The van der Waals surface area contributed by atoms with E-state index in [-0.39, 0.29) is 21.3 Å². The molecule has 0 radical (unpaired) electrons. The Hall–Kier alpha value is -2.18. The molecule has 0 heterocycles. The molecule has 4 nitrogen and oxygen atoms in total. The van der Waals surface area contributed by atoms with Crippen LogP contribution < -0.4 is 10.6 Å². The number of hydrogen-bond acceptors (Lipinski definition) is 2. The lowest BCUT2D eigenvalue weighted by Crippen LogP contribution is -2.34. The van der Waals surface area contributed by atoms with Crippen molar-refractivity contribution < 1.29 is 18.4 Å². The Labute approximate surface area is 134 Å². The summed E-state index contributed by atoms with van der Waals surface area (Å²) in [5, 5.41) is 4.15. The SMILES string of the molecule is O=C(NC(=O)c1c(Cl)cccc1Cl)Nc1ccc(F)cc1F. The van der Waals surface area contributed by atoms with E-state index in [4.69, 9.17) is 23.2 Å². The number of carbonyl (C=O) groups excluding carboxylic acids is 2. The molecule has 0 aliphatic rings. The van der Waals surface area contributed by atoms with Gasteiger partial charge in [0.05, 0.1) is 21.3 Å². The molecular formula is C14H8Cl2F2N2O2. The average Bonchev–Trinajstić information content (AvgIpc) is 2.41. The zero-order valence-electron chi connectivity index (χ0n) is 10.8. The van der Waals surface area contributed by atoms with Crippen molar-refractivity contribution in [2.75, 3.05) is 5.32 Å². The predicted molar refractivity (Wildman–Crippen MR) is 79.3 cm³/mol. The van der Waals surface area contributed by atoms with Gasteiger partial charge in [-0.2, -0.15) is 0 Å². The van der Waals surface area contributed by atoms with E-state index in [9.17, 15) is 18.4 Å². The maximum Gasteiger partial charge on any atom is 0.326 e. The fourth-order valence-electron chi connectivity index (χ4n) is 1.62. The van der Waals surface area contributed by atoms with Gasteiger partial charge in [-0.25, -0.2) is 13.6 Å². The Balaban J connectivity index is 2.10. The Kier molecular flexibility index (Phi) is 4.95. The summed E-state index contributed by atoms with van der Waals surface area (Å²) in [6.45, 7) is 0. The zero-order valence-corrected chi connectivity index (χ0v) is 12.3. The highest BCUT2D eigenvalue weighted by atomic mass is 35.5. The first-order valence-corrected chi connectivity index (χ1v) is 6.65. The van der Waals surface area contributed by atoms with Crippen LogP contribution in [-0.4, -0.2) is 11.9 Å². The number of benzene rings is 2. The quantitative estimate of drug-likeness (QED) is 0.856. The summed E-state index contributed by atoms with van der Waals surface area (Å²) in [4.78, 5) is 23.6. The maximum atomic E-state index is 13.4. The van der Waals surface area contributed by atoms with Gasteiger partial charge in [0.25, 0.3) is 5.91 Å². The van der Waals surface area contributed by atoms with Crippen molar-refractivity contribution in [3.8, 4) is 0 Å². The van der Waals surface area contributed by atoms with Gasteiger partial charge >= 0.3 is 6.03 Å². The molecule has 2 rings (SSSR count). The molecule has 0 saturated heterocycles. The summed E-state index contributed by atoms with van der Waals surface area (Å²) < 4.78 is 26.1. The van der Waals surface area contributed by atoms with E-state index in [1.54, 1.807) is 0 Å². The second-order valence-corrected chi connectivity index (χ2v) is 4.94. The lowest BCUT2D eigenvalue weighted by atomic mass is 10.2. The van der Waals surface area contributed by atoms with Crippen LogP contribution in [-0.2, 0) is 0 Å². The zero-order chi connectivity index (χ0) is 16.3. The molecule has 0 atom stereocenters. The number of nitrogens with one attached hydrogen (secondary N) is 2. The molecule has 0 bridgehead atoms. The first-order chi connectivity index (χ1) is 10.4. The minimum absolute atomic E-state index is 0.0609. The number of urea groups is 1. The third kappa shape index (κ3) is 3.72. The number of rotatable bonds is 2. The van der Waals surface area contributed by atoms with E-state index in [0.717, 1.165) is 12.1 Å². The first-order valence-electron chi connectivity index (χ1n) is 5.90. The normalized spacial score (nSPS) is 10.2. The van der Waals surface area contributed by atoms with E-state index >= 15 is 0 Å². The van der Waals surface area contributed by atoms with Crippen molar-refractivity contribution in [2.24, 2.45) is 0 Å². The van der Waals surface area contributed by atoms with Crippen molar-refractivity contribution >= 4 is 40.8 Å². The van der Waals surface area contributed by atoms with E-state index < -0.39 is 23.6 Å². The van der Waals surface area contributed by atoms with Crippen molar-refractivity contribution in [2.45, 2.75) is 0 Å². The van der Waals surface area contributed by atoms with Crippen LogP contribution in [0.1, 0.15) is 10.4 Å². The number of imide groups is 1. The third-order valence-electron chi connectivity index (χ3n) is 2.60. The van der Waals surface area contributed by atoms with Crippen LogP contribution in [0.3, 0.4) is 0 Å². The highest BCUT2D eigenvalue weighted by Crippen LogP contribution is 2.24. The van der Waals surface area contributed by atoms with E-state index in [0.29, 0.717) is 6.07 Å². The molecule has 0 aromatic heterocycles. The maximum absolute atomic E-state index is 13.4. The molecule has 0 spiro atoms. The molecule has 2 aromatic rings. The molecule has 3 amide bonds. The van der Waals surface area contributed by atoms with Gasteiger partial charge < -0.3 is 5.32 Å². The smallest absolute Gasteiger partial charge is 0.305 e. The average molecular weight is 345 g/mol. The molecule has 0 aliphatic carbocycles. The molecule has 114 valence electrons. The van der Waals surface area contributed by atoms with Crippen molar-refractivity contribution in [3.63, 3.8) is 0 Å². The number of anilines is 1. The number of hydrogen-bond donors (Lipinski definition) is 2. The van der Waals surface area contributed by atoms with E-state index in [1.165, 1.54) is 18.2 Å². The highest BCUT2D eigenvalue weighted by Gasteiger charge is 2.17. The van der Waals surface area contributed by atoms with Gasteiger partial charge in [-0.1, -0.05) is 29.3 Å². The van der Waals surface area contributed by atoms with Gasteiger partial charge in [-0.3, -0.25) is 10.1 Å². The lowest BCUT2D eigenvalue weighted by molar-refractivity contribution is 0.0967. The second-order valence-electron chi connectivity index (χ2n) is 4.13. The highest BCUT2D eigenvalue weighted by molar-refractivity contribution is 6.40. The standard InChI is InChI=1S/C14H8Cl2F2N2O2/c15-8-2-1-3-9(16)12(8)13(21)20-14(22)19-11-5-4-7(17)6-10(11)18/h1-6H,(H2,19,20,21,22). The summed E-state index contributed by atoms with van der Waals surface area (Å²) >= 11 is 11.7. The van der Waals surface area contributed by atoms with Crippen molar-refractivity contribution in [1.82, 2.24) is 5.32 Å². The minimum Gasteiger partial charge on any atom is -0.305 e. The summed E-state index contributed by atoms with van der Waals surface area (Å²) in [7, 11) is 0. The van der Waals surface area contributed by atoms with Crippen molar-refractivity contribution in [3.05, 3.63) is 63.6 Å². The van der Waals surface area contributed by atoms with Crippen LogP contribution >= 0.6 is 23.2 Å². The summed E-state index contributed by atoms with van der Waals surface area (Å²) in [6, 6.07) is 5.98. The molecule has 0 unspecified atom stereocenters. The Bertz CT molecular complexity index is 733. The van der Waals surface area contributed by atoms with E-state index in [1.807, 2.05) is 5.32 Å².